The van der Waals surface area contributed by atoms with E-state index in [1.165, 1.54) is 0 Å². The van der Waals surface area contributed by atoms with Crippen molar-refractivity contribution in [1.82, 2.24) is 0 Å². The van der Waals surface area contributed by atoms with E-state index in [1.807, 2.05) is 12.1 Å². The summed E-state index contributed by atoms with van der Waals surface area (Å²) < 4.78 is 15.4. The molecule has 1 heterocycles. The van der Waals surface area contributed by atoms with Crippen LogP contribution in [0.3, 0.4) is 0 Å². The molecule has 1 aromatic heterocycles. The summed E-state index contributed by atoms with van der Waals surface area (Å²) in [6.45, 7) is 0. The quantitative estimate of drug-likeness (QED) is 0.657. The maximum absolute atomic E-state index is 5.27. The summed E-state index contributed by atoms with van der Waals surface area (Å²) in [6, 6.07) is 3.85. The van der Waals surface area contributed by atoms with Gasteiger partial charge in [0.1, 0.15) is 5.50 Å². The molecule has 0 N–H and O–H groups in total. The van der Waals surface area contributed by atoms with Crippen LogP contribution in [-0.4, -0.2) is 26.9 Å². The van der Waals surface area contributed by atoms with Crippen LogP contribution in [0.25, 0.3) is 0 Å². The van der Waals surface area contributed by atoms with Crippen molar-refractivity contribution >= 4 is 13.4 Å². The summed E-state index contributed by atoms with van der Waals surface area (Å²) in [5, 5.41) is 0. The lowest BCUT2D eigenvalue weighted by molar-refractivity contribution is 0.234. The second-order valence-corrected chi connectivity index (χ2v) is 4.36. The lowest BCUT2D eigenvalue weighted by Crippen LogP contribution is -2.05. The van der Waals surface area contributed by atoms with Crippen LogP contribution in [0.4, 0.5) is 0 Å². The molecule has 0 amide bonds. The summed E-state index contributed by atoms with van der Waals surface area (Å²) in [5.74, 6) is 0. The number of methoxy groups -OCH3 is 2. The number of rotatable bonds is 5. The molecule has 0 radical (unpaired) electrons. The molecule has 0 fully saturated rings. The molecule has 0 atom stereocenters. The number of ether oxygens (including phenoxy) is 2. The summed E-state index contributed by atoms with van der Waals surface area (Å²) in [5.41, 5.74) is 0.980. The van der Waals surface area contributed by atoms with Gasteiger partial charge in [0.15, 0.2) is 0 Å². The third kappa shape index (κ3) is 2.59. The van der Waals surface area contributed by atoms with E-state index < -0.39 is 7.92 Å². The zero-order chi connectivity index (χ0) is 8.81. The standard InChI is InChI=1S/C8H13O3P/c1-9-6-12(7-10-2)8-4-3-5-11-8/h3-5H,6-7H2,1-2H3. The second-order valence-electron chi connectivity index (χ2n) is 2.33. The Bertz CT molecular complexity index is 192. The maximum atomic E-state index is 5.27. The number of furan rings is 1. The fourth-order valence-electron chi connectivity index (χ4n) is 0.926. The van der Waals surface area contributed by atoms with E-state index in [0.717, 1.165) is 5.50 Å². The van der Waals surface area contributed by atoms with Crippen LogP contribution in [-0.2, 0) is 9.47 Å². The average molecular weight is 188 g/mol. The molecule has 12 heavy (non-hydrogen) atoms. The molecule has 0 aromatic carbocycles. The third-order valence-corrected chi connectivity index (χ3v) is 3.41. The first-order chi connectivity index (χ1) is 5.88. The minimum Gasteiger partial charge on any atom is -0.465 e. The lowest BCUT2D eigenvalue weighted by atomic mass is 10.7. The van der Waals surface area contributed by atoms with Gasteiger partial charge in [0.25, 0.3) is 0 Å². The van der Waals surface area contributed by atoms with Gasteiger partial charge in [-0.3, -0.25) is 0 Å². The predicted octanol–water partition coefficient (Wildman–Crippen LogP) is 1.59. The predicted molar refractivity (Wildman–Crippen MR) is 49.0 cm³/mol. The molecule has 0 unspecified atom stereocenters. The zero-order valence-corrected chi connectivity index (χ0v) is 8.21. The second kappa shape index (κ2) is 5.31. The van der Waals surface area contributed by atoms with Crippen LogP contribution >= 0.6 is 7.92 Å². The molecule has 0 aliphatic heterocycles. The molecule has 3 nitrogen and oxygen atoms in total. The summed E-state index contributed by atoms with van der Waals surface area (Å²) in [6.07, 6.45) is 3.06. The molecule has 0 aliphatic carbocycles. The van der Waals surface area contributed by atoms with Crippen molar-refractivity contribution in [3.8, 4) is 0 Å². The van der Waals surface area contributed by atoms with Crippen LogP contribution in [0, 0.1) is 0 Å². The fraction of sp³-hybridized carbons (Fsp3) is 0.500. The van der Waals surface area contributed by atoms with Gasteiger partial charge in [-0.05, 0) is 12.1 Å². The molecular formula is C8H13O3P. The van der Waals surface area contributed by atoms with E-state index in [9.17, 15) is 0 Å². The fourth-order valence-corrected chi connectivity index (χ4v) is 2.39. The van der Waals surface area contributed by atoms with Crippen molar-refractivity contribution in [2.24, 2.45) is 0 Å². The molecule has 0 aliphatic rings. The van der Waals surface area contributed by atoms with Gasteiger partial charge in [-0.1, -0.05) is 0 Å². The number of hydrogen-bond donors (Lipinski definition) is 0. The van der Waals surface area contributed by atoms with Crippen LogP contribution in [0.2, 0.25) is 0 Å². The van der Waals surface area contributed by atoms with Gasteiger partial charge in [-0.15, -0.1) is 0 Å². The Morgan fingerprint density at radius 2 is 2.00 bits per heavy atom. The zero-order valence-electron chi connectivity index (χ0n) is 7.32. The summed E-state index contributed by atoms with van der Waals surface area (Å²) in [7, 11) is 2.95. The van der Waals surface area contributed by atoms with Crippen molar-refractivity contribution in [2.75, 3.05) is 26.9 Å². The highest BCUT2D eigenvalue weighted by Crippen LogP contribution is 2.33. The lowest BCUT2D eigenvalue weighted by Gasteiger charge is -2.11. The maximum Gasteiger partial charge on any atom is 0.130 e. The third-order valence-electron chi connectivity index (χ3n) is 1.39. The van der Waals surface area contributed by atoms with E-state index in [0.29, 0.717) is 12.7 Å². The normalized spacial score (nSPS) is 10.9. The van der Waals surface area contributed by atoms with Gasteiger partial charge < -0.3 is 13.9 Å². The van der Waals surface area contributed by atoms with Crippen LogP contribution in [0.5, 0.6) is 0 Å². The van der Waals surface area contributed by atoms with Crippen LogP contribution in [0.15, 0.2) is 22.8 Å². The van der Waals surface area contributed by atoms with Crippen molar-refractivity contribution in [1.29, 1.82) is 0 Å². The largest absolute Gasteiger partial charge is 0.465 e. The van der Waals surface area contributed by atoms with Crippen molar-refractivity contribution in [2.45, 2.75) is 0 Å². The summed E-state index contributed by atoms with van der Waals surface area (Å²) >= 11 is 0. The Kier molecular flexibility index (Phi) is 4.30. The summed E-state index contributed by atoms with van der Waals surface area (Å²) in [4.78, 5) is 0. The first kappa shape index (κ1) is 9.72. The Balaban J connectivity index is 2.53. The van der Waals surface area contributed by atoms with Crippen molar-refractivity contribution in [3.63, 3.8) is 0 Å². The Hall–Kier alpha value is -0.370. The molecule has 1 rings (SSSR count). The molecule has 1 aromatic rings. The highest BCUT2D eigenvalue weighted by Gasteiger charge is 2.12. The molecular weight excluding hydrogens is 175 g/mol. The molecule has 4 heteroatoms. The molecule has 0 saturated carbocycles. The highest BCUT2D eigenvalue weighted by molar-refractivity contribution is 7.64. The number of hydrogen-bond acceptors (Lipinski definition) is 3. The van der Waals surface area contributed by atoms with Crippen LogP contribution in [0.1, 0.15) is 0 Å². The first-order valence-corrected chi connectivity index (χ1v) is 5.36. The molecule has 0 spiro atoms. The SMILES string of the molecule is COCP(COC)c1ccco1. The van der Waals surface area contributed by atoms with Gasteiger partial charge in [0.2, 0.25) is 0 Å². The van der Waals surface area contributed by atoms with E-state index in [4.69, 9.17) is 13.9 Å². The van der Waals surface area contributed by atoms with E-state index >= 15 is 0 Å². The monoisotopic (exact) mass is 188 g/mol. The van der Waals surface area contributed by atoms with Gasteiger partial charge in [0.05, 0.1) is 19.0 Å². The van der Waals surface area contributed by atoms with E-state index in [1.54, 1.807) is 20.5 Å². The average Bonchev–Trinajstić information content (AvgIpc) is 2.56. The Morgan fingerprint density at radius 3 is 2.42 bits per heavy atom. The Morgan fingerprint density at radius 1 is 1.33 bits per heavy atom. The highest BCUT2D eigenvalue weighted by atomic mass is 31.1. The van der Waals surface area contributed by atoms with Crippen molar-refractivity contribution < 1.29 is 13.9 Å². The van der Waals surface area contributed by atoms with Gasteiger partial charge in [-0.2, -0.15) is 0 Å². The van der Waals surface area contributed by atoms with Crippen molar-refractivity contribution in [3.05, 3.63) is 18.4 Å². The van der Waals surface area contributed by atoms with Gasteiger partial charge in [0, 0.05) is 22.1 Å². The van der Waals surface area contributed by atoms with E-state index in [-0.39, 0.29) is 0 Å². The van der Waals surface area contributed by atoms with Gasteiger partial charge in [-0.25, -0.2) is 0 Å². The minimum absolute atomic E-state index is 0.430. The molecule has 0 saturated heterocycles. The molecule has 0 bridgehead atoms. The topological polar surface area (TPSA) is 31.6 Å². The minimum atomic E-state index is -0.430. The van der Waals surface area contributed by atoms with E-state index in [2.05, 4.69) is 0 Å². The van der Waals surface area contributed by atoms with Crippen LogP contribution < -0.4 is 5.50 Å². The smallest absolute Gasteiger partial charge is 0.130 e. The first-order valence-electron chi connectivity index (χ1n) is 3.65. The van der Waals surface area contributed by atoms with Gasteiger partial charge >= 0.3 is 0 Å². The molecule has 68 valence electrons. The Labute approximate surface area is 73.4 Å².